The molecular formula is C9H10N2O4. The molecule has 0 spiro atoms. The zero-order valence-electron chi connectivity index (χ0n) is 7.84. The van der Waals surface area contributed by atoms with Gasteiger partial charge in [-0.15, -0.1) is 0 Å². The van der Waals surface area contributed by atoms with Gasteiger partial charge in [0, 0.05) is 12.3 Å². The molecule has 0 saturated carbocycles. The summed E-state index contributed by atoms with van der Waals surface area (Å²) in [6.07, 6.45) is 2.47. The van der Waals surface area contributed by atoms with Crippen molar-refractivity contribution in [3.05, 3.63) is 44.8 Å². The van der Waals surface area contributed by atoms with E-state index in [1.54, 1.807) is 6.08 Å². The molecular weight excluding hydrogens is 200 g/mol. The van der Waals surface area contributed by atoms with E-state index in [9.17, 15) is 9.59 Å². The van der Waals surface area contributed by atoms with Crippen molar-refractivity contribution in [3.8, 4) is 0 Å². The Morgan fingerprint density at radius 3 is 3.00 bits per heavy atom. The fourth-order valence-corrected chi connectivity index (χ4v) is 1.38. The lowest BCUT2D eigenvalue weighted by Crippen LogP contribution is -2.31. The van der Waals surface area contributed by atoms with Crippen LogP contribution in [0, 0.1) is 0 Å². The highest BCUT2D eigenvalue weighted by atomic mass is 16.5. The maximum atomic E-state index is 11.4. The molecule has 0 aromatic carbocycles. The van der Waals surface area contributed by atoms with Crippen LogP contribution >= 0.6 is 0 Å². The van der Waals surface area contributed by atoms with E-state index < -0.39 is 17.5 Å². The Balaban J connectivity index is 2.36. The van der Waals surface area contributed by atoms with Crippen LogP contribution in [0.3, 0.4) is 0 Å². The second-order valence-electron chi connectivity index (χ2n) is 3.20. The summed E-state index contributed by atoms with van der Waals surface area (Å²) in [5, 5.41) is 8.85. The molecule has 0 unspecified atom stereocenters. The molecule has 0 bridgehead atoms. The Morgan fingerprint density at radius 2 is 2.40 bits per heavy atom. The molecule has 1 aliphatic heterocycles. The van der Waals surface area contributed by atoms with E-state index in [-0.39, 0.29) is 6.61 Å². The zero-order chi connectivity index (χ0) is 10.8. The summed E-state index contributed by atoms with van der Waals surface area (Å²) in [5.41, 5.74) is -0.248. The molecule has 1 aromatic heterocycles. The van der Waals surface area contributed by atoms with E-state index in [0.717, 1.165) is 5.57 Å². The predicted octanol–water partition coefficient (Wildman–Crippen LogP) is -1.02. The van der Waals surface area contributed by atoms with E-state index in [1.165, 1.54) is 16.8 Å². The molecule has 2 rings (SSSR count). The standard InChI is InChI=1S/C9H10N2O4/c12-4-6-3-8(15-5-6)11-2-1-7(13)10-9(11)14/h1-3,8,12H,4-5H2,(H,10,13,14)/t8-/m1/s1. The van der Waals surface area contributed by atoms with Crippen LogP contribution in [0.5, 0.6) is 0 Å². The highest BCUT2D eigenvalue weighted by Gasteiger charge is 2.17. The van der Waals surface area contributed by atoms with E-state index in [0.29, 0.717) is 6.61 Å². The quantitative estimate of drug-likeness (QED) is 0.612. The van der Waals surface area contributed by atoms with Crippen LogP contribution < -0.4 is 11.2 Å². The summed E-state index contributed by atoms with van der Waals surface area (Å²) in [6, 6.07) is 1.25. The first kappa shape index (κ1) is 9.88. The molecule has 6 nitrogen and oxygen atoms in total. The van der Waals surface area contributed by atoms with Gasteiger partial charge in [-0.25, -0.2) is 4.79 Å². The molecule has 80 valence electrons. The number of hydrogen-bond donors (Lipinski definition) is 2. The van der Waals surface area contributed by atoms with E-state index >= 15 is 0 Å². The first-order valence-corrected chi connectivity index (χ1v) is 4.44. The summed E-state index contributed by atoms with van der Waals surface area (Å²) in [4.78, 5) is 24.3. The average Bonchev–Trinajstić information content (AvgIpc) is 2.66. The van der Waals surface area contributed by atoms with Crippen LogP contribution in [-0.4, -0.2) is 27.9 Å². The van der Waals surface area contributed by atoms with Crippen molar-refractivity contribution in [3.63, 3.8) is 0 Å². The van der Waals surface area contributed by atoms with Crippen LogP contribution in [0.25, 0.3) is 0 Å². The number of aromatic nitrogens is 2. The average molecular weight is 210 g/mol. The van der Waals surface area contributed by atoms with Gasteiger partial charge >= 0.3 is 5.69 Å². The van der Waals surface area contributed by atoms with Crippen molar-refractivity contribution < 1.29 is 9.84 Å². The molecule has 6 heteroatoms. The van der Waals surface area contributed by atoms with Gasteiger partial charge in [-0.2, -0.15) is 0 Å². The number of aliphatic hydroxyl groups is 1. The minimum atomic E-state index is -0.545. The lowest BCUT2D eigenvalue weighted by molar-refractivity contribution is 0.0680. The van der Waals surface area contributed by atoms with E-state index in [1.807, 2.05) is 0 Å². The Labute approximate surface area is 84.4 Å². The smallest absolute Gasteiger partial charge is 0.330 e. The highest BCUT2D eigenvalue weighted by molar-refractivity contribution is 5.10. The van der Waals surface area contributed by atoms with Gasteiger partial charge in [-0.05, 0) is 11.6 Å². The van der Waals surface area contributed by atoms with E-state index in [4.69, 9.17) is 9.84 Å². The molecule has 0 aliphatic carbocycles. The molecule has 0 fully saturated rings. The summed E-state index contributed by atoms with van der Waals surface area (Å²) in [7, 11) is 0. The second kappa shape index (κ2) is 3.84. The number of nitrogens with zero attached hydrogens (tertiary/aromatic N) is 1. The van der Waals surface area contributed by atoms with Gasteiger partial charge in [0.05, 0.1) is 13.2 Å². The second-order valence-corrected chi connectivity index (χ2v) is 3.20. The van der Waals surface area contributed by atoms with Crippen LogP contribution in [-0.2, 0) is 4.74 Å². The molecule has 1 aromatic rings. The first-order valence-electron chi connectivity index (χ1n) is 4.44. The fraction of sp³-hybridized carbons (Fsp3) is 0.333. The summed E-state index contributed by atoms with van der Waals surface area (Å²) < 4.78 is 6.51. The van der Waals surface area contributed by atoms with Gasteiger partial charge in [0.1, 0.15) is 0 Å². The fourth-order valence-electron chi connectivity index (χ4n) is 1.38. The van der Waals surface area contributed by atoms with Crippen LogP contribution in [0.15, 0.2) is 33.5 Å². The minimum absolute atomic E-state index is 0.0887. The number of rotatable bonds is 2. The molecule has 1 atom stereocenters. The third-order valence-corrected chi connectivity index (χ3v) is 2.15. The zero-order valence-corrected chi connectivity index (χ0v) is 7.84. The Morgan fingerprint density at radius 1 is 1.60 bits per heavy atom. The van der Waals surface area contributed by atoms with Gasteiger partial charge in [0.25, 0.3) is 5.56 Å². The number of aromatic amines is 1. The number of H-pyrrole nitrogens is 1. The molecule has 2 N–H and O–H groups in total. The third kappa shape index (κ3) is 1.90. The molecule has 2 heterocycles. The van der Waals surface area contributed by atoms with Crippen LogP contribution in [0.4, 0.5) is 0 Å². The molecule has 0 amide bonds. The van der Waals surface area contributed by atoms with Crippen molar-refractivity contribution in [1.82, 2.24) is 9.55 Å². The number of nitrogens with one attached hydrogen (secondary N) is 1. The number of hydrogen-bond acceptors (Lipinski definition) is 4. The number of ether oxygens (including phenoxy) is 1. The summed E-state index contributed by atoms with van der Waals surface area (Å²) in [6.45, 7) is 0.210. The maximum absolute atomic E-state index is 11.4. The first-order chi connectivity index (χ1) is 7.20. The topological polar surface area (TPSA) is 84.3 Å². The lowest BCUT2D eigenvalue weighted by atomic mass is 10.3. The van der Waals surface area contributed by atoms with Crippen molar-refractivity contribution >= 4 is 0 Å². The lowest BCUT2D eigenvalue weighted by Gasteiger charge is -2.10. The van der Waals surface area contributed by atoms with E-state index in [2.05, 4.69) is 4.98 Å². The largest absolute Gasteiger partial charge is 0.392 e. The maximum Gasteiger partial charge on any atom is 0.330 e. The van der Waals surface area contributed by atoms with Gasteiger partial charge in [0.2, 0.25) is 0 Å². The van der Waals surface area contributed by atoms with Gasteiger partial charge in [0.15, 0.2) is 6.23 Å². The van der Waals surface area contributed by atoms with Gasteiger partial charge < -0.3 is 9.84 Å². The van der Waals surface area contributed by atoms with Crippen molar-refractivity contribution in [2.75, 3.05) is 13.2 Å². The Hall–Kier alpha value is -1.66. The highest BCUT2D eigenvalue weighted by Crippen LogP contribution is 2.18. The van der Waals surface area contributed by atoms with Crippen molar-refractivity contribution in [2.24, 2.45) is 0 Å². The van der Waals surface area contributed by atoms with Gasteiger partial charge in [-0.3, -0.25) is 14.3 Å². The van der Waals surface area contributed by atoms with Crippen LogP contribution in [0.1, 0.15) is 6.23 Å². The van der Waals surface area contributed by atoms with Crippen molar-refractivity contribution in [1.29, 1.82) is 0 Å². The van der Waals surface area contributed by atoms with Crippen molar-refractivity contribution in [2.45, 2.75) is 6.23 Å². The molecule has 0 saturated heterocycles. The van der Waals surface area contributed by atoms with Gasteiger partial charge in [-0.1, -0.05) is 0 Å². The predicted molar refractivity (Wildman–Crippen MR) is 51.5 cm³/mol. The monoisotopic (exact) mass is 210 g/mol. The molecule has 1 aliphatic rings. The summed E-state index contributed by atoms with van der Waals surface area (Å²) >= 11 is 0. The normalized spacial score (nSPS) is 20.3. The number of aliphatic hydroxyl groups excluding tert-OH is 1. The third-order valence-electron chi connectivity index (χ3n) is 2.15. The molecule has 15 heavy (non-hydrogen) atoms. The summed E-state index contributed by atoms with van der Waals surface area (Å²) in [5.74, 6) is 0. The minimum Gasteiger partial charge on any atom is -0.392 e. The van der Waals surface area contributed by atoms with Crippen LogP contribution in [0.2, 0.25) is 0 Å². The Bertz CT molecular complexity index is 499. The molecule has 0 radical (unpaired) electrons. The SMILES string of the molecule is O=c1ccn([C@H]2C=C(CO)CO2)c(=O)[nH]1. The Kier molecular flexibility index (Phi) is 2.53.